The van der Waals surface area contributed by atoms with Gasteiger partial charge < -0.3 is 4.18 Å². The van der Waals surface area contributed by atoms with Crippen molar-refractivity contribution in [1.29, 1.82) is 0 Å². The standard InChI is InChI=1S/C10H15NO2S/c1-3-11(4-2)14(12)13-10-8-6-5-7-9-10/h5-9H,3-4H2,1-2H3. The van der Waals surface area contributed by atoms with Crippen molar-refractivity contribution >= 4 is 11.3 Å². The Morgan fingerprint density at radius 2 is 1.79 bits per heavy atom. The van der Waals surface area contributed by atoms with Crippen molar-refractivity contribution in [1.82, 2.24) is 4.31 Å². The number of rotatable bonds is 5. The molecule has 0 saturated heterocycles. The summed E-state index contributed by atoms with van der Waals surface area (Å²) in [7, 11) is 0. The molecule has 4 heteroatoms. The molecule has 3 nitrogen and oxygen atoms in total. The second kappa shape index (κ2) is 5.78. The van der Waals surface area contributed by atoms with Crippen molar-refractivity contribution in [3.8, 4) is 5.75 Å². The van der Waals surface area contributed by atoms with Gasteiger partial charge in [0.25, 0.3) is 11.3 Å². The molecule has 0 radical (unpaired) electrons. The third kappa shape index (κ3) is 3.12. The average Bonchev–Trinajstić information content (AvgIpc) is 2.21. The molecule has 0 aromatic heterocycles. The highest BCUT2D eigenvalue weighted by atomic mass is 32.2. The number of para-hydroxylation sites is 1. The van der Waals surface area contributed by atoms with Crippen LogP contribution in [0.2, 0.25) is 0 Å². The van der Waals surface area contributed by atoms with Crippen molar-refractivity contribution in [3.63, 3.8) is 0 Å². The first-order chi connectivity index (χ1) is 6.77. The van der Waals surface area contributed by atoms with Gasteiger partial charge in [-0.3, -0.25) is 0 Å². The summed E-state index contributed by atoms with van der Waals surface area (Å²) in [4.78, 5) is 0. The molecule has 0 N–H and O–H groups in total. The minimum absolute atomic E-state index is 0.637. The quantitative estimate of drug-likeness (QED) is 0.748. The van der Waals surface area contributed by atoms with Crippen molar-refractivity contribution in [2.45, 2.75) is 13.8 Å². The van der Waals surface area contributed by atoms with Crippen LogP contribution in [0.5, 0.6) is 5.75 Å². The number of nitrogens with zero attached hydrogens (tertiary/aromatic N) is 1. The van der Waals surface area contributed by atoms with Crippen molar-refractivity contribution in [3.05, 3.63) is 30.3 Å². The molecule has 1 unspecified atom stereocenters. The topological polar surface area (TPSA) is 29.5 Å². The fourth-order valence-electron chi connectivity index (χ4n) is 1.05. The van der Waals surface area contributed by atoms with Crippen molar-refractivity contribution < 1.29 is 8.39 Å². The lowest BCUT2D eigenvalue weighted by Gasteiger charge is -2.15. The largest absolute Gasteiger partial charge is 0.389 e. The van der Waals surface area contributed by atoms with Crippen LogP contribution in [0.1, 0.15) is 13.8 Å². The summed E-state index contributed by atoms with van der Waals surface area (Å²) in [5, 5.41) is 0. The average molecular weight is 213 g/mol. The van der Waals surface area contributed by atoms with E-state index in [2.05, 4.69) is 0 Å². The zero-order valence-corrected chi connectivity index (χ0v) is 9.29. The molecule has 0 heterocycles. The van der Waals surface area contributed by atoms with Gasteiger partial charge in [-0.15, -0.1) is 0 Å². The smallest absolute Gasteiger partial charge is 0.290 e. The molecular weight excluding hydrogens is 198 g/mol. The molecular formula is C10H15NO2S. The second-order valence-electron chi connectivity index (χ2n) is 2.73. The summed E-state index contributed by atoms with van der Waals surface area (Å²) in [6.07, 6.45) is 0. The van der Waals surface area contributed by atoms with Gasteiger partial charge in [0.1, 0.15) is 5.75 Å². The molecule has 0 amide bonds. The van der Waals surface area contributed by atoms with E-state index in [-0.39, 0.29) is 0 Å². The summed E-state index contributed by atoms with van der Waals surface area (Å²) in [5.41, 5.74) is 0. The molecule has 1 aromatic carbocycles. The summed E-state index contributed by atoms with van der Waals surface area (Å²) < 4.78 is 18.6. The highest BCUT2D eigenvalue weighted by molar-refractivity contribution is 7.78. The lowest BCUT2D eigenvalue weighted by Crippen LogP contribution is -2.28. The van der Waals surface area contributed by atoms with Crippen molar-refractivity contribution in [2.75, 3.05) is 13.1 Å². The molecule has 0 spiro atoms. The van der Waals surface area contributed by atoms with Crippen LogP contribution in [0.15, 0.2) is 30.3 Å². The highest BCUT2D eigenvalue weighted by Crippen LogP contribution is 2.11. The van der Waals surface area contributed by atoms with Crippen LogP contribution in [0.3, 0.4) is 0 Å². The molecule has 0 aliphatic rings. The zero-order chi connectivity index (χ0) is 10.4. The Labute approximate surface area is 87.5 Å². The van der Waals surface area contributed by atoms with Gasteiger partial charge in [-0.1, -0.05) is 32.0 Å². The Morgan fingerprint density at radius 1 is 1.21 bits per heavy atom. The number of benzene rings is 1. The molecule has 1 atom stereocenters. The van der Waals surface area contributed by atoms with Crippen LogP contribution in [-0.2, 0) is 11.3 Å². The fraction of sp³-hybridized carbons (Fsp3) is 0.400. The van der Waals surface area contributed by atoms with E-state index in [0.717, 1.165) is 13.1 Å². The Bertz CT molecular complexity index is 285. The van der Waals surface area contributed by atoms with Gasteiger partial charge >= 0.3 is 0 Å². The van der Waals surface area contributed by atoms with Gasteiger partial charge in [-0.2, -0.15) is 8.51 Å². The van der Waals surface area contributed by atoms with Gasteiger partial charge in [0.15, 0.2) is 0 Å². The Morgan fingerprint density at radius 3 is 2.29 bits per heavy atom. The Hall–Kier alpha value is -0.870. The van der Waals surface area contributed by atoms with E-state index < -0.39 is 11.3 Å². The first kappa shape index (κ1) is 11.2. The molecule has 78 valence electrons. The van der Waals surface area contributed by atoms with Crippen LogP contribution >= 0.6 is 0 Å². The number of hydrogen-bond acceptors (Lipinski definition) is 2. The van der Waals surface area contributed by atoms with Gasteiger partial charge in [0.05, 0.1) is 0 Å². The first-order valence-electron chi connectivity index (χ1n) is 4.68. The van der Waals surface area contributed by atoms with Crippen LogP contribution in [0, 0.1) is 0 Å². The Balaban J connectivity index is 2.57. The first-order valence-corrected chi connectivity index (χ1v) is 5.71. The number of hydrogen-bond donors (Lipinski definition) is 0. The monoisotopic (exact) mass is 213 g/mol. The van der Waals surface area contributed by atoms with Gasteiger partial charge in [-0.05, 0) is 12.1 Å². The van der Waals surface area contributed by atoms with E-state index in [1.54, 1.807) is 16.4 Å². The maximum absolute atomic E-state index is 11.6. The summed E-state index contributed by atoms with van der Waals surface area (Å²) >= 11 is -1.38. The SMILES string of the molecule is CCN(CC)S(=O)Oc1ccccc1. The molecule has 14 heavy (non-hydrogen) atoms. The maximum atomic E-state index is 11.6. The maximum Gasteiger partial charge on any atom is 0.290 e. The molecule has 0 bridgehead atoms. The predicted octanol–water partition coefficient (Wildman–Crippen LogP) is 1.99. The second-order valence-corrected chi connectivity index (χ2v) is 3.85. The fourth-order valence-corrected chi connectivity index (χ4v) is 1.85. The Kier molecular flexibility index (Phi) is 4.62. The van der Waals surface area contributed by atoms with E-state index in [1.807, 2.05) is 32.0 Å². The van der Waals surface area contributed by atoms with Crippen LogP contribution in [0.4, 0.5) is 0 Å². The molecule has 1 rings (SSSR count). The third-order valence-electron chi connectivity index (χ3n) is 1.83. The summed E-state index contributed by atoms with van der Waals surface area (Å²) in [5.74, 6) is 0.637. The minimum atomic E-state index is -1.38. The minimum Gasteiger partial charge on any atom is -0.389 e. The van der Waals surface area contributed by atoms with Crippen LogP contribution < -0.4 is 4.18 Å². The molecule has 0 saturated carbocycles. The van der Waals surface area contributed by atoms with E-state index >= 15 is 0 Å². The van der Waals surface area contributed by atoms with E-state index in [0.29, 0.717) is 5.75 Å². The zero-order valence-electron chi connectivity index (χ0n) is 8.47. The highest BCUT2D eigenvalue weighted by Gasteiger charge is 2.10. The van der Waals surface area contributed by atoms with E-state index in [1.165, 1.54) is 0 Å². The molecule has 0 aliphatic carbocycles. The van der Waals surface area contributed by atoms with E-state index in [9.17, 15) is 4.21 Å². The lowest BCUT2D eigenvalue weighted by molar-refractivity contribution is 0.430. The van der Waals surface area contributed by atoms with Gasteiger partial charge in [-0.25, -0.2) is 0 Å². The van der Waals surface area contributed by atoms with Gasteiger partial charge in [0.2, 0.25) is 0 Å². The third-order valence-corrected chi connectivity index (χ3v) is 3.10. The van der Waals surface area contributed by atoms with Crippen molar-refractivity contribution in [2.24, 2.45) is 0 Å². The van der Waals surface area contributed by atoms with Crippen LogP contribution in [0.25, 0.3) is 0 Å². The van der Waals surface area contributed by atoms with Crippen LogP contribution in [-0.4, -0.2) is 21.6 Å². The predicted molar refractivity (Wildman–Crippen MR) is 58.1 cm³/mol. The lowest BCUT2D eigenvalue weighted by atomic mass is 10.3. The molecule has 1 aromatic rings. The van der Waals surface area contributed by atoms with E-state index in [4.69, 9.17) is 4.18 Å². The molecule has 0 fully saturated rings. The van der Waals surface area contributed by atoms with Gasteiger partial charge in [0, 0.05) is 13.1 Å². The summed E-state index contributed by atoms with van der Waals surface area (Å²) in [6, 6.07) is 9.19. The molecule has 0 aliphatic heterocycles. The summed E-state index contributed by atoms with van der Waals surface area (Å²) in [6.45, 7) is 5.34. The normalized spacial score (nSPS) is 12.8.